The summed E-state index contributed by atoms with van der Waals surface area (Å²) in [6, 6.07) is 18.2. The quantitative estimate of drug-likeness (QED) is 0.738. The summed E-state index contributed by atoms with van der Waals surface area (Å²) < 4.78 is 5.46. The fourth-order valence-corrected chi connectivity index (χ4v) is 4.27. The largest absolute Gasteiger partial charge is 0.494 e. The molecule has 4 rings (SSSR count). The maximum Gasteiger partial charge on any atom is 0.286 e. The molecule has 0 aliphatic carbocycles. The number of ether oxygens (including phenoxy) is 1. The normalized spacial score (nSPS) is 18.5. The number of piperazine rings is 1. The van der Waals surface area contributed by atoms with Crippen LogP contribution in [0.4, 0.5) is 5.69 Å². The van der Waals surface area contributed by atoms with Crippen molar-refractivity contribution in [3.05, 3.63) is 65.1 Å². The second kappa shape index (κ2) is 8.52. The zero-order chi connectivity index (χ0) is 19.3. The molecule has 5 nitrogen and oxygen atoms in total. The summed E-state index contributed by atoms with van der Waals surface area (Å²) in [6.45, 7) is 6.19. The number of anilines is 1. The number of amides is 1. The van der Waals surface area contributed by atoms with Gasteiger partial charge in [0.2, 0.25) is 0 Å². The number of nitrogens with zero attached hydrogens (tertiary/aromatic N) is 3. The zero-order valence-electron chi connectivity index (χ0n) is 15.9. The van der Waals surface area contributed by atoms with Gasteiger partial charge in [0, 0.05) is 31.9 Å². The van der Waals surface area contributed by atoms with Crippen molar-refractivity contribution in [2.45, 2.75) is 6.92 Å². The molecular formula is C22H23N3O2S. The second-order valence-electron chi connectivity index (χ2n) is 6.62. The third-order valence-corrected chi connectivity index (χ3v) is 5.81. The Morgan fingerprint density at radius 2 is 1.68 bits per heavy atom. The Labute approximate surface area is 169 Å². The van der Waals surface area contributed by atoms with E-state index in [2.05, 4.69) is 39.1 Å². The van der Waals surface area contributed by atoms with Gasteiger partial charge in [-0.15, -0.1) is 0 Å². The number of hydrogen-bond acceptors (Lipinski definition) is 5. The summed E-state index contributed by atoms with van der Waals surface area (Å²) in [5.41, 5.74) is 2.22. The molecule has 144 valence electrons. The summed E-state index contributed by atoms with van der Waals surface area (Å²) in [7, 11) is 0. The molecule has 0 atom stereocenters. The number of rotatable bonds is 4. The highest BCUT2D eigenvalue weighted by Crippen LogP contribution is 2.31. The zero-order valence-corrected chi connectivity index (χ0v) is 16.7. The molecule has 0 saturated carbocycles. The average Bonchev–Trinajstić information content (AvgIpc) is 3.11. The summed E-state index contributed by atoms with van der Waals surface area (Å²) in [4.78, 5) is 21.9. The van der Waals surface area contributed by atoms with Gasteiger partial charge in [-0.25, -0.2) is 0 Å². The lowest BCUT2D eigenvalue weighted by molar-refractivity contribution is -0.113. The van der Waals surface area contributed by atoms with Crippen molar-refractivity contribution in [1.29, 1.82) is 0 Å². The Balaban J connectivity index is 1.37. The highest BCUT2D eigenvalue weighted by molar-refractivity contribution is 8.18. The highest BCUT2D eigenvalue weighted by Gasteiger charge is 2.28. The van der Waals surface area contributed by atoms with Crippen LogP contribution in [0.15, 0.2) is 64.5 Å². The van der Waals surface area contributed by atoms with E-state index in [1.807, 2.05) is 43.3 Å². The minimum atomic E-state index is -0.153. The fourth-order valence-electron chi connectivity index (χ4n) is 3.31. The van der Waals surface area contributed by atoms with Crippen molar-refractivity contribution < 1.29 is 9.53 Å². The van der Waals surface area contributed by atoms with Crippen LogP contribution in [0.25, 0.3) is 6.08 Å². The lowest BCUT2D eigenvalue weighted by Crippen LogP contribution is -2.47. The van der Waals surface area contributed by atoms with E-state index in [1.165, 1.54) is 17.4 Å². The van der Waals surface area contributed by atoms with Crippen LogP contribution in [0.1, 0.15) is 12.5 Å². The van der Waals surface area contributed by atoms with Crippen molar-refractivity contribution in [2.75, 3.05) is 37.7 Å². The van der Waals surface area contributed by atoms with E-state index < -0.39 is 0 Å². The van der Waals surface area contributed by atoms with E-state index in [0.717, 1.165) is 42.7 Å². The Morgan fingerprint density at radius 1 is 1.00 bits per heavy atom. The van der Waals surface area contributed by atoms with Crippen molar-refractivity contribution in [2.24, 2.45) is 4.99 Å². The first kappa shape index (κ1) is 18.6. The molecule has 2 aliphatic rings. The van der Waals surface area contributed by atoms with Crippen molar-refractivity contribution in [3.63, 3.8) is 0 Å². The van der Waals surface area contributed by atoms with Crippen molar-refractivity contribution >= 4 is 34.6 Å². The molecule has 0 N–H and O–H groups in total. The molecule has 1 amide bonds. The van der Waals surface area contributed by atoms with Crippen molar-refractivity contribution in [1.82, 2.24) is 4.90 Å². The van der Waals surface area contributed by atoms with Gasteiger partial charge in [-0.1, -0.05) is 30.3 Å². The van der Waals surface area contributed by atoms with Gasteiger partial charge in [0.25, 0.3) is 5.91 Å². The summed E-state index contributed by atoms with van der Waals surface area (Å²) in [5.74, 6) is 0.683. The van der Waals surface area contributed by atoms with E-state index >= 15 is 0 Å². The molecule has 2 aromatic rings. The summed E-state index contributed by atoms with van der Waals surface area (Å²) in [5, 5.41) is 0.815. The maximum atomic E-state index is 12.3. The van der Waals surface area contributed by atoms with Crippen LogP contribution in [0.5, 0.6) is 5.75 Å². The smallest absolute Gasteiger partial charge is 0.286 e. The average molecular weight is 394 g/mol. The SMILES string of the molecule is CCOc1ccc(/C=C2\SC(N3CCN(c4ccccc4)CC3)=NC2=O)cc1. The molecular weight excluding hydrogens is 370 g/mol. The van der Waals surface area contributed by atoms with Crippen LogP contribution in [-0.2, 0) is 4.79 Å². The van der Waals surface area contributed by atoms with Gasteiger partial charge in [-0.2, -0.15) is 4.99 Å². The van der Waals surface area contributed by atoms with E-state index in [0.29, 0.717) is 11.5 Å². The molecule has 6 heteroatoms. The molecule has 28 heavy (non-hydrogen) atoms. The molecule has 0 radical (unpaired) electrons. The van der Waals surface area contributed by atoms with Gasteiger partial charge in [0.1, 0.15) is 5.75 Å². The van der Waals surface area contributed by atoms with Crippen LogP contribution < -0.4 is 9.64 Å². The fraction of sp³-hybridized carbons (Fsp3) is 0.273. The Kier molecular flexibility index (Phi) is 5.67. The molecule has 0 bridgehead atoms. The van der Waals surface area contributed by atoms with Gasteiger partial charge >= 0.3 is 0 Å². The molecule has 1 saturated heterocycles. The van der Waals surface area contributed by atoms with Crippen LogP contribution in [0.2, 0.25) is 0 Å². The topological polar surface area (TPSA) is 45.1 Å². The summed E-state index contributed by atoms with van der Waals surface area (Å²) in [6.07, 6.45) is 1.90. The molecule has 0 aromatic heterocycles. The third kappa shape index (κ3) is 4.22. The van der Waals surface area contributed by atoms with Gasteiger partial charge in [-0.3, -0.25) is 4.79 Å². The lowest BCUT2D eigenvalue weighted by atomic mass is 10.2. The Hall–Kier alpha value is -2.73. The molecule has 2 aliphatic heterocycles. The van der Waals surface area contributed by atoms with Gasteiger partial charge < -0.3 is 14.5 Å². The lowest BCUT2D eigenvalue weighted by Gasteiger charge is -2.36. The Bertz CT molecular complexity index is 886. The highest BCUT2D eigenvalue weighted by atomic mass is 32.2. The van der Waals surface area contributed by atoms with Crippen LogP contribution >= 0.6 is 11.8 Å². The number of thioether (sulfide) groups is 1. The summed E-state index contributed by atoms with van der Waals surface area (Å²) >= 11 is 1.47. The number of carbonyl (C=O) groups is 1. The molecule has 2 aromatic carbocycles. The molecule has 0 unspecified atom stereocenters. The standard InChI is InChI=1S/C22H23N3O2S/c1-2-27-19-10-8-17(9-11-19)16-20-21(26)23-22(28-20)25-14-12-24(13-15-25)18-6-4-3-5-7-18/h3-11,16H,2,12-15H2,1H3/b20-16-. The molecule has 1 fully saturated rings. The van der Waals surface area contributed by atoms with E-state index in [-0.39, 0.29) is 5.91 Å². The van der Waals surface area contributed by atoms with Crippen LogP contribution in [-0.4, -0.2) is 48.8 Å². The van der Waals surface area contributed by atoms with Gasteiger partial charge in [0.05, 0.1) is 11.5 Å². The number of aliphatic imine (C=N–C) groups is 1. The minimum Gasteiger partial charge on any atom is -0.494 e. The van der Waals surface area contributed by atoms with E-state index in [1.54, 1.807) is 0 Å². The first-order valence-corrected chi connectivity index (χ1v) is 10.3. The number of benzene rings is 2. The third-order valence-electron chi connectivity index (χ3n) is 4.77. The van der Waals surface area contributed by atoms with Crippen LogP contribution in [0.3, 0.4) is 0 Å². The first-order chi connectivity index (χ1) is 13.7. The monoisotopic (exact) mass is 393 g/mol. The molecule has 2 heterocycles. The number of hydrogen-bond donors (Lipinski definition) is 0. The van der Waals surface area contributed by atoms with Gasteiger partial charge in [0.15, 0.2) is 5.17 Å². The predicted octanol–water partition coefficient (Wildman–Crippen LogP) is 3.88. The molecule has 0 spiro atoms. The van der Waals surface area contributed by atoms with Gasteiger partial charge in [-0.05, 0) is 54.6 Å². The van der Waals surface area contributed by atoms with Crippen LogP contribution in [0, 0.1) is 0 Å². The number of para-hydroxylation sites is 1. The Morgan fingerprint density at radius 3 is 2.36 bits per heavy atom. The van der Waals surface area contributed by atoms with E-state index in [4.69, 9.17) is 4.74 Å². The predicted molar refractivity (Wildman–Crippen MR) is 116 cm³/mol. The minimum absolute atomic E-state index is 0.153. The maximum absolute atomic E-state index is 12.3. The van der Waals surface area contributed by atoms with Crippen molar-refractivity contribution in [3.8, 4) is 5.75 Å². The first-order valence-electron chi connectivity index (χ1n) is 9.53. The second-order valence-corrected chi connectivity index (χ2v) is 7.63. The number of carbonyl (C=O) groups excluding carboxylic acids is 1. The van der Waals surface area contributed by atoms with E-state index in [9.17, 15) is 4.79 Å². The number of amidine groups is 1.